The third-order valence-electron chi connectivity index (χ3n) is 5.15. The minimum Gasteiger partial charge on any atom is -0.507 e. The summed E-state index contributed by atoms with van der Waals surface area (Å²) >= 11 is 0. The Balaban J connectivity index is 2.04. The van der Waals surface area contributed by atoms with E-state index >= 15 is 0 Å². The minimum atomic E-state index is -0.746. The van der Waals surface area contributed by atoms with Gasteiger partial charge in [-0.1, -0.05) is 12.1 Å². The van der Waals surface area contributed by atoms with Crippen LogP contribution < -0.4 is 14.8 Å². The second kappa shape index (κ2) is 10.1. The van der Waals surface area contributed by atoms with Crippen LogP contribution in [-0.2, 0) is 9.59 Å². The van der Waals surface area contributed by atoms with Crippen LogP contribution in [0.25, 0.3) is 5.76 Å². The molecule has 0 aliphatic carbocycles. The van der Waals surface area contributed by atoms with Gasteiger partial charge in [0.15, 0.2) is 0 Å². The number of methoxy groups -OCH3 is 2. The van der Waals surface area contributed by atoms with Crippen molar-refractivity contribution in [1.82, 2.24) is 10.2 Å². The number of ether oxygens (including phenoxy) is 2. The molecule has 8 heteroatoms. The van der Waals surface area contributed by atoms with E-state index < -0.39 is 17.7 Å². The maximum atomic E-state index is 12.9. The predicted molar refractivity (Wildman–Crippen MR) is 115 cm³/mol. The Morgan fingerprint density at radius 2 is 1.55 bits per heavy atom. The first kappa shape index (κ1) is 22.3. The first-order valence-corrected chi connectivity index (χ1v) is 9.90. The number of ketones is 1. The van der Waals surface area contributed by atoms with Gasteiger partial charge in [0, 0.05) is 25.2 Å². The number of likely N-dealkylation sites (tertiary alicyclic amines) is 1. The maximum Gasteiger partial charge on any atom is 0.295 e. The van der Waals surface area contributed by atoms with Crippen molar-refractivity contribution in [3.05, 3.63) is 65.2 Å². The summed E-state index contributed by atoms with van der Waals surface area (Å²) in [5, 5.41) is 23.0. The molecule has 0 saturated carbocycles. The number of amides is 1. The summed E-state index contributed by atoms with van der Waals surface area (Å²) in [5.74, 6) is -0.412. The van der Waals surface area contributed by atoms with Gasteiger partial charge in [-0.15, -0.1) is 0 Å². The van der Waals surface area contributed by atoms with Crippen molar-refractivity contribution in [3.63, 3.8) is 0 Å². The molecule has 2 aromatic carbocycles. The van der Waals surface area contributed by atoms with E-state index in [4.69, 9.17) is 14.6 Å². The number of aliphatic hydroxyl groups excluding tert-OH is 2. The highest BCUT2D eigenvalue weighted by Crippen LogP contribution is 2.39. The fraction of sp³-hybridized carbons (Fsp3) is 0.304. The lowest BCUT2D eigenvalue weighted by Gasteiger charge is -2.25. The Morgan fingerprint density at radius 1 is 0.968 bits per heavy atom. The summed E-state index contributed by atoms with van der Waals surface area (Å²) in [7, 11) is 3.09. The first-order chi connectivity index (χ1) is 15.0. The van der Waals surface area contributed by atoms with Gasteiger partial charge in [0.2, 0.25) is 0 Å². The summed E-state index contributed by atoms with van der Waals surface area (Å²) in [4.78, 5) is 27.2. The highest BCUT2D eigenvalue weighted by atomic mass is 16.5. The highest BCUT2D eigenvalue weighted by Gasteiger charge is 2.45. The lowest BCUT2D eigenvalue weighted by Crippen LogP contribution is -2.36. The van der Waals surface area contributed by atoms with Crippen molar-refractivity contribution in [2.24, 2.45) is 0 Å². The van der Waals surface area contributed by atoms with Crippen molar-refractivity contribution < 1.29 is 29.3 Å². The van der Waals surface area contributed by atoms with E-state index in [1.165, 1.54) is 12.0 Å². The number of aliphatic hydroxyl groups is 2. The average Bonchev–Trinajstić information content (AvgIpc) is 3.06. The fourth-order valence-corrected chi connectivity index (χ4v) is 3.55. The van der Waals surface area contributed by atoms with Crippen molar-refractivity contribution in [1.29, 1.82) is 0 Å². The second-order valence-electron chi connectivity index (χ2n) is 6.97. The Hall–Kier alpha value is -3.36. The summed E-state index contributed by atoms with van der Waals surface area (Å²) in [6, 6.07) is 12.9. The number of Topliss-reactive ketones (excluding diaryl/α,β-unsaturated/α-hetero) is 1. The van der Waals surface area contributed by atoms with E-state index in [-0.39, 0.29) is 24.5 Å². The number of benzene rings is 2. The normalized spacial score (nSPS) is 17.8. The summed E-state index contributed by atoms with van der Waals surface area (Å²) in [6.45, 7) is 0.977. The monoisotopic (exact) mass is 426 g/mol. The maximum absolute atomic E-state index is 12.9. The van der Waals surface area contributed by atoms with E-state index in [9.17, 15) is 14.7 Å². The summed E-state index contributed by atoms with van der Waals surface area (Å²) in [5.41, 5.74) is 1.12. The molecule has 2 aromatic rings. The molecule has 0 bridgehead atoms. The van der Waals surface area contributed by atoms with E-state index in [1.807, 2.05) is 0 Å². The van der Waals surface area contributed by atoms with E-state index in [0.717, 1.165) is 0 Å². The zero-order valence-electron chi connectivity index (χ0n) is 17.5. The Labute approximate surface area is 180 Å². The van der Waals surface area contributed by atoms with Gasteiger partial charge >= 0.3 is 0 Å². The van der Waals surface area contributed by atoms with Crippen LogP contribution in [0.4, 0.5) is 0 Å². The molecule has 0 radical (unpaired) electrons. The molecule has 1 amide bonds. The molecule has 1 unspecified atom stereocenters. The molecule has 1 atom stereocenters. The van der Waals surface area contributed by atoms with Gasteiger partial charge in [-0.3, -0.25) is 9.59 Å². The highest BCUT2D eigenvalue weighted by molar-refractivity contribution is 6.46. The number of nitrogens with one attached hydrogen (secondary N) is 1. The molecule has 3 N–H and O–H groups in total. The van der Waals surface area contributed by atoms with E-state index in [2.05, 4.69) is 5.32 Å². The molecule has 0 aromatic heterocycles. The Morgan fingerprint density at radius 3 is 2.10 bits per heavy atom. The van der Waals surface area contributed by atoms with Gasteiger partial charge in [-0.05, 0) is 42.0 Å². The van der Waals surface area contributed by atoms with Crippen LogP contribution in [0.1, 0.15) is 17.2 Å². The second-order valence-corrected chi connectivity index (χ2v) is 6.97. The summed E-state index contributed by atoms with van der Waals surface area (Å²) < 4.78 is 10.3. The number of carbonyl (C=O) groups excluding carboxylic acids is 2. The van der Waals surface area contributed by atoms with Gasteiger partial charge in [-0.2, -0.15) is 0 Å². The van der Waals surface area contributed by atoms with Crippen molar-refractivity contribution in [2.45, 2.75) is 6.04 Å². The van der Waals surface area contributed by atoms with Crippen LogP contribution >= 0.6 is 0 Å². The number of hydrogen-bond donors (Lipinski definition) is 3. The van der Waals surface area contributed by atoms with Gasteiger partial charge in [0.1, 0.15) is 17.3 Å². The molecule has 1 fully saturated rings. The van der Waals surface area contributed by atoms with Crippen LogP contribution in [0.15, 0.2) is 54.1 Å². The van der Waals surface area contributed by atoms with Crippen LogP contribution in [0.3, 0.4) is 0 Å². The Kier molecular flexibility index (Phi) is 7.28. The molecule has 1 aliphatic rings. The molecular weight excluding hydrogens is 400 g/mol. The fourth-order valence-electron chi connectivity index (χ4n) is 3.55. The third-order valence-corrected chi connectivity index (χ3v) is 5.15. The SMILES string of the molecule is COc1ccc(/C(O)=C2\C(=O)C(=O)N(CCNCCO)C2c2ccc(OC)cc2)cc1. The standard InChI is InChI=1S/C23H26N2O6/c1-30-17-7-3-15(4-8-17)20-19(21(27)16-5-9-18(31-2)10-6-16)22(28)23(29)25(20)13-11-24-12-14-26/h3-10,20,24,26-27H,11-14H2,1-2H3/b21-19+. The van der Waals surface area contributed by atoms with Gasteiger partial charge in [0.05, 0.1) is 32.4 Å². The van der Waals surface area contributed by atoms with Crippen LogP contribution in [0, 0.1) is 0 Å². The van der Waals surface area contributed by atoms with Crippen molar-refractivity contribution in [3.8, 4) is 11.5 Å². The minimum absolute atomic E-state index is 0.0296. The van der Waals surface area contributed by atoms with Crippen molar-refractivity contribution in [2.75, 3.05) is 40.5 Å². The smallest absolute Gasteiger partial charge is 0.295 e. The Bertz CT molecular complexity index is 953. The van der Waals surface area contributed by atoms with Crippen LogP contribution in [0.2, 0.25) is 0 Å². The van der Waals surface area contributed by atoms with E-state index in [1.54, 1.807) is 55.6 Å². The molecule has 31 heavy (non-hydrogen) atoms. The average molecular weight is 426 g/mol. The summed E-state index contributed by atoms with van der Waals surface area (Å²) in [6.07, 6.45) is 0. The predicted octanol–water partition coefficient (Wildman–Crippen LogP) is 1.71. The molecule has 0 spiro atoms. The number of carbonyl (C=O) groups is 2. The van der Waals surface area contributed by atoms with Gasteiger partial charge < -0.3 is 29.9 Å². The molecule has 3 rings (SSSR count). The number of rotatable bonds is 9. The molecule has 1 saturated heterocycles. The lowest BCUT2D eigenvalue weighted by atomic mass is 9.95. The number of nitrogens with zero attached hydrogens (tertiary/aromatic N) is 1. The van der Waals surface area contributed by atoms with Crippen LogP contribution in [-0.4, -0.2) is 67.3 Å². The molecule has 8 nitrogen and oxygen atoms in total. The molecule has 164 valence electrons. The quantitative estimate of drug-likeness (QED) is 0.242. The molecule has 1 heterocycles. The van der Waals surface area contributed by atoms with Crippen LogP contribution in [0.5, 0.6) is 11.5 Å². The molecular formula is C23H26N2O6. The zero-order chi connectivity index (χ0) is 22.4. The lowest BCUT2D eigenvalue weighted by molar-refractivity contribution is -0.139. The zero-order valence-corrected chi connectivity index (χ0v) is 17.5. The topological polar surface area (TPSA) is 108 Å². The van der Waals surface area contributed by atoms with Gasteiger partial charge in [0.25, 0.3) is 11.7 Å². The first-order valence-electron chi connectivity index (χ1n) is 9.90. The number of hydrogen-bond acceptors (Lipinski definition) is 7. The van der Waals surface area contributed by atoms with Gasteiger partial charge in [-0.25, -0.2) is 0 Å². The van der Waals surface area contributed by atoms with E-state index in [0.29, 0.717) is 35.7 Å². The third kappa shape index (κ3) is 4.70. The van der Waals surface area contributed by atoms with Crippen molar-refractivity contribution >= 4 is 17.4 Å². The molecule has 1 aliphatic heterocycles. The largest absolute Gasteiger partial charge is 0.507 e.